The minimum absolute atomic E-state index is 0.275. The van der Waals surface area contributed by atoms with Gasteiger partial charge >= 0.3 is 0 Å². The molecule has 1 radical (unpaired) electrons. The van der Waals surface area contributed by atoms with Crippen molar-refractivity contribution in [2.75, 3.05) is 6.61 Å². The first-order valence-corrected chi connectivity index (χ1v) is 4.42. The van der Waals surface area contributed by atoms with E-state index < -0.39 is 5.91 Å². The second-order valence-corrected chi connectivity index (χ2v) is 2.91. The van der Waals surface area contributed by atoms with Gasteiger partial charge in [-0.15, -0.1) is 0 Å². The molecule has 1 amide bonds. The second kappa shape index (κ2) is 5.78. The van der Waals surface area contributed by atoms with Gasteiger partial charge in [-0.1, -0.05) is 12.1 Å². The number of primary amides is 1. The number of ether oxygens (including phenoxy) is 1. The zero-order chi connectivity index (χ0) is 11.1. The first kappa shape index (κ1) is 11.2. The van der Waals surface area contributed by atoms with Crippen molar-refractivity contribution in [3.8, 4) is 6.07 Å². The number of nitriles is 1. The molecule has 0 aliphatic rings. The van der Waals surface area contributed by atoms with Crippen molar-refractivity contribution >= 4 is 5.91 Å². The lowest BCUT2D eigenvalue weighted by atomic mass is 10.1. The highest BCUT2D eigenvalue weighted by atomic mass is 16.5. The normalized spacial score (nSPS) is 9.53. The Morgan fingerprint density at radius 2 is 2.40 bits per heavy atom. The highest BCUT2D eigenvalue weighted by Gasteiger charge is 2.00. The van der Waals surface area contributed by atoms with Crippen molar-refractivity contribution in [2.24, 2.45) is 5.73 Å². The van der Waals surface area contributed by atoms with Gasteiger partial charge in [-0.05, 0) is 17.7 Å². The number of nitrogens with two attached hydrogens (primary N) is 1. The molecule has 1 aromatic rings. The molecule has 1 rings (SSSR count). The van der Waals surface area contributed by atoms with Gasteiger partial charge in [-0.2, -0.15) is 5.26 Å². The Labute approximate surface area is 88.3 Å². The molecule has 0 spiro atoms. The van der Waals surface area contributed by atoms with Crippen LogP contribution in [-0.2, 0) is 11.3 Å². The molecule has 0 saturated carbocycles. The van der Waals surface area contributed by atoms with Crippen LogP contribution in [0.25, 0.3) is 0 Å². The average molecular weight is 203 g/mol. The van der Waals surface area contributed by atoms with Gasteiger partial charge < -0.3 is 10.5 Å². The fourth-order valence-electron chi connectivity index (χ4n) is 1.09. The summed E-state index contributed by atoms with van der Waals surface area (Å²) in [6.45, 7) is 0.636. The first-order valence-electron chi connectivity index (χ1n) is 4.42. The van der Waals surface area contributed by atoms with Crippen LogP contribution >= 0.6 is 0 Å². The number of amides is 1. The number of rotatable bonds is 5. The molecule has 0 unspecified atom stereocenters. The van der Waals surface area contributed by atoms with Gasteiger partial charge in [0.25, 0.3) is 0 Å². The van der Waals surface area contributed by atoms with E-state index in [-0.39, 0.29) is 6.61 Å². The number of hydrogen-bond acceptors (Lipinski definition) is 3. The van der Waals surface area contributed by atoms with Crippen LogP contribution in [0.15, 0.2) is 24.3 Å². The molecule has 77 valence electrons. The van der Waals surface area contributed by atoms with E-state index in [0.29, 0.717) is 12.2 Å². The van der Waals surface area contributed by atoms with Gasteiger partial charge in [0.15, 0.2) is 0 Å². The highest BCUT2D eigenvalue weighted by molar-refractivity contribution is 5.92. The molecule has 4 heteroatoms. The SMILES string of the molecule is N#C[CH]COCc1cccc(C(N)=O)c1. The predicted octanol–water partition coefficient (Wildman–Crippen LogP) is 1.03. The minimum Gasteiger partial charge on any atom is -0.375 e. The van der Waals surface area contributed by atoms with Crippen LogP contribution < -0.4 is 5.73 Å². The maximum atomic E-state index is 10.9. The van der Waals surface area contributed by atoms with E-state index in [2.05, 4.69) is 0 Å². The Hall–Kier alpha value is -1.86. The second-order valence-electron chi connectivity index (χ2n) is 2.91. The number of nitrogens with zero attached hydrogens (tertiary/aromatic N) is 1. The number of carbonyl (C=O) groups is 1. The topological polar surface area (TPSA) is 76.1 Å². The van der Waals surface area contributed by atoms with E-state index >= 15 is 0 Å². The fourth-order valence-corrected chi connectivity index (χ4v) is 1.09. The standard InChI is InChI=1S/C11H11N2O2/c12-5-2-6-15-8-9-3-1-4-10(7-9)11(13)14/h1-4,7H,6,8H2,(H2,13,14). The number of carbonyl (C=O) groups excluding carboxylic acids is 1. The van der Waals surface area contributed by atoms with Crippen LogP contribution in [0.1, 0.15) is 15.9 Å². The molecule has 0 aliphatic carbocycles. The molecule has 0 heterocycles. The first-order chi connectivity index (χ1) is 7.24. The Morgan fingerprint density at radius 3 is 3.07 bits per heavy atom. The van der Waals surface area contributed by atoms with Crippen LogP contribution in [0.2, 0.25) is 0 Å². The molecule has 2 N–H and O–H groups in total. The summed E-state index contributed by atoms with van der Waals surface area (Å²) in [7, 11) is 0. The number of benzene rings is 1. The highest BCUT2D eigenvalue weighted by Crippen LogP contribution is 2.06. The Morgan fingerprint density at radius 1 is 1.60 bits per heavy atom. The van der Waals surface area contributed by atoms with Gasteiger partial charge in [-0.25, -0.2) is 0 Å². The lowest BCUT2D eigenvalue weighted by Crippen LogP contribution is -2.11. The lowest BCUT2D eigenvalue weighted by molar-refractivity contribution is 0.0999. The zero-order valence-electron chi connectivity index (χ0n) is 8.14. The van der Waals surface area contributed by atoms with Gasteiger partial charge in [-0.3, -0.25) is 4.79 Å². The summed E-state index contributed by atoms with van der Waals surface area (Å²) in [5.74, 6) is -0.458. The molecule has 4 nitrogen and oxygen atoms in total. The largest absolute Gasteiger partial charge is 0.375 e. The van der Waals surface area contributed by atoms with E-state index in [1.54, 1.807) is 18.2 Å². The molecule has 0 aromatic heterocycles. The number of hydrogen-bond donors (Lipinski definition) is 1. The van der Waals surface area contributed by atoms with Gasteiger partial charge in [0, 0.05) is 5.56 Å². The molecular weight excluding hydrogens is 192 g/mol. The minimum atomic E-state index is -0.458. The van der Waals surface area contributed by atoms with Crippen molar-refractivity contribution in [2.45, 2.75) is 6.61 Å². The Balaban J connectivity index is 2.51. The van der Waals surface area contributed by atoms with Gasteiger partial charge in [0.05, 0.1) is 25.7 Å². The molecular formula is C11H11N2O2. The van der Waals surface area contributed by atoms with E-state index in [1.165, 1.54) is 6.42 Å². The molecule has 0 bridgehead atoms. The summed E-state index contributed by atoms with van der Waals surface area (Å²) in [5, 5.41) is 8.23. The van der Waals surface area contributed by atoms with Gasteiger partial charge in [0.1, 0.15) is 0 Å². The smallest absolute Gasteiger partial charge is 0.248 e. The van der Waals surface area contributed by atoms with Crippen LogP contribution in [-0.4, -0.2) is 12.5 Å². The third-order valence-corrected chi connectivity index (χ3v) is 1.77. The third-order valence-electron chi connectivity index (χ3n) is 1.77. The van der Waals surface area contributed by atoms with Crippen LogP contribution in [0.3, 0.4) is 0 Å². The molecule has 1 aromatic carbocycles. The Bertz CT molecular complexity index is 382. The molecule has 0 atom stereocenters. The maximum Gasteiger partial charge on any atom is 0.248 e. The third kappa shape index (κ3) is 3.79. The van der Waals surface area contributed by atoms with Crippen molar-refractivity contribution in [3.05, 3.63) is 41.8 Å². The summed E-state index contributed by atoms with van der Waals surface area (Å²) in [6, 6.07) is 8.76. The summed E-state index contributed by atoms with van der Waals surface area (Å²) in [6.07, 6.45) is 1.36. The van der Waals surface area contributed by atoms with Crippen LogP contribution in [0.5, 0.6) is 0 Å². The Kier molecular flexibility index (Phi) is 4.32. The van der Waals surface area contributed by atoms with Crippen molar-refractivity contribution in [1.29, 1.82) is 5.26 Å². The summed E-state index contributed by atoms with van der Waals surface area (Å²) < 4.78 is 5.16. The van der Waals surface area contributed by atoms with Crippen molar-refractivity contribution in [3.63, 3.8) is 0 Å². The average Bonchev–Trinajstić information content (AvgIpc) is 2.25. The van der Waals surface area contributed by atoms with Crippen molar-refractivity contribution in [1.82, 2.24) is 0 Å². The molecule has 0 saturated heterocycles. The van der Waals surface area contributed by atoms with Crippen LogP contribution in [0.4, 0.5) is 0 Å². The van der Waals surface area contributed by atoms with E-state index in [1.807, 2.05) is 12.1 Å². The quantitative estimate of drug-likeness (QED) is 0.726. The summed E-state index contributed by atoms with van der Waals surface area (Å²) in [5.41, 5.74) is 6.45. The summed E-state index contributed by atoms with van der Waals surface area (Å²) >= 11 is 0. The molecule has 0 fully saturated rings. The van der Waals surface area contributed by atoms with E-state index in [4.69, 9.17) is 15.7 Å². The maximum absolute atomic E-state index is 10.9. The van der Waals surface area contributed by atoms with E-state index in [9.17, 15) is 4.79 Å². The lowest BCUT2D eigenvalue weighted by Gasteiger charge is -2.03. The summed E-state index contributed by atoms with van der Waals surface area (Å²) in [4.78, 5) is 10.9. The van der Waals surface area contributed by atoms with E-state index in [0.717, 1.165) is 5.56 Å². The zero-order valence-corrected chi connectivity index (χ0v) is 8.14. The fraction of sp³-hybridized carbons (Fsp3) is 0.182. The molecule has 15 heavy (non-hydrogen) atoms. The van der Waals surface area contributed by atoms with Gasteiger partial charge in [0.2, 0.25) is 5.91 Å². The molecule has 0 aliphatic heterocycles. The monoisotopic (exact) mass is 203 g/mol. The van der Waals surface area contributed by atoms with Crippen molar-refractivity contribution < 1.29 is 9.53 Å². The predicted molar refractivity (Wildman–Crippen MR) is 54.5 cm³/mol. The van der Waals surface area contributed by atoms with Crippen LogP contribution in [0, 0.1) is 17.8 Å².